The Morgan fingerprint density at radius 1 is 1.00 bits per heavy atom. The predicted octanol–water partition coefficient (Wildman–Crippen LogP) is 3.63. The number of nitrogens with zero attached hydrogens (tertiary/aromatic N) is 3. The number of likely N-dealkylation sites (tertiary alicyclic amines) is 1. The van der Waals surface area contributed by atoms with Crippen LogP contribution in [0.3, 0.4) is 0 Å². The first-order valence-electron chi connectivity index (χ1n) is 12.2. The molecule has 6 heteroatoms. The van der Waals surface area contributed by atoms with Crippen LogP contribution in [-0.4, -0.2) is 39.6 Å². The second-order valence-corrected chi connectivity index (χ2v) is 10.0. The van der Waals surface area contributed by atoms with E-state index in [1.54, 1.807) is 0 Å². The van der Waals surface area contributed by atoms with Crippen molar-refractivity contribution in [3.8, 4) is 5.69 Å². The smallest absolute Gasteiger partial charge is 0.227 e. The van der Waals surface area contributed by atoms with Gasteiger partial charge in [-0.25, -0.2) is 4.68 Å². The van der Waals surface area contributed by atoms with E-state index in [1.165, 1.54) is 0 Å². The van der Waals surface area contributed by atoms with E-state index in [-0.39, 0.29) is 29.6 Å². The third-order valence-corrected chi connectivity index (χ3v) is 6.94. The molecule has 2 aliphatic rings. The number of hydrogen-bond donors (Lipinski definition) is 1. The zero-order valence-corrected chi connectivity index (χ0v) is 19.9. The molecule has 1 saturated carbocycles. The average molecular weight is 457 g/mol. The molecule has 5 rings (SSSR count). The molecule has 2 atom stereocenters. The van der Waals surface area contributed by atoms with Crippen molar-refractivity contribution in [1.29, 1.82) is 0 Å². The SMILES string of the molecule is CC(C)Cc1cc(CNC(=O)C2C3CN(C(=O)Cc4ccccc4)CC32)nn1-c1ccccc1. The van der Waals surface area contributed by atoms with Crippen LogP contribution in [0.5, 0.6) is 0 Å². The first-order valence-corrected chi connectivity index (χ1v) is 12.2. The number of fused-ring (bicyclic) bond motifs is 1. The zero-order valence-electron chi connectivity index (χ0n) is 19.9. The molecule has 2 unspecified atom stereocenters. The van der Waals surface area contributed by atoms with Gasteiger partial charge in [0.25, 0.3) is 0 Å². The van der Waals surface area contributed by atoms with Gasteiger partial charge in [-0.2, -0.15) is 5.10 Å². The van der Waals surface area contributed by atoms with Gasteiger partial charge >= 0.3 is 0 Å². The van der Waals surface area contributed by atoms with Crippen molar-refractivity contribution in [3.05, 3.63) is 83.7 Å². The van der Waals surface area contributed by atoms with Crippen molar-refractivity contribution >= 4 is 11.8 Å². The van der Waals surface area contributed by atoms with Gasteiger partial charge in [-0.15, -0.1) is 0 Å². The van der Waals surface area contributed by atoms with Gasteiger partial charge in [-0.05, 0) is 47.9 Å². The highest BCUT2D eigenvalue weighted by atomic mass is 16.2. The molecule has 2 amide bonds. The van der Waals surface area contributed by atoms with Crippen molar-refractivity contribution in [2.45, 2.75) is 33.2 Å². The summed E-state index contributed by atoms with van der Waals surface area (Å²) in [5, 5.41) is 7.88. The fourth-order valence-corrected chi connectivity index (χ4v) is 5.21. The number of benzene rings is 2. The van der Waals surface area contributed by atoms with Gasteiger partial charge in [0.15, 0.2) is 0 Å². The second kappa shape index (κ2) is 9.45. The number of nitrogens with one attached hydrogen (secondary N) is 1. The molecule has 1 aliphatic carbocycles. The number of carbonyl (C=O) groups is 2. The van der Waals surface area contributed by atoms with E-state index < -0.39 is 0 Å². The van der Waals surface area contributed by atoms with E-state index >= 15 is 0 Å². The van der Waals surface area contributed by atoms with Crippen LogP contribution in [0.4, 0.5) is 0 Å². The Labute approximate surface area is 201 Å². The summed E-state index contributed by atoms with van der Waals surface area (Å²) in [5.41, 5.74) is 4.10. The Bertz CT molecular complexity index is 1140. The maximum absolute atomic E-state index is 12.9. The molecule has 0 spiro atoms. The lowest BCUT2D eigenvalue weighted by molar-refractivity contribution is -0.131. The van der Waals surface area contributed by atoms with Crippen LogP contribution in [0.15, 0.2) is 66.7 Å². The fraction of sp³-hybridized carbons (Fsp3) is 0.393. The zero-order chi connectivity index (χ0) is 23.7. The molecule has 3 aromatic rings. The largest absolute Gasteiger partial charge is 0.350 e. The molecule has 1 aromatic heterocycles. The Kier molecular flexibility index (Phi) is 6.22. The van der Waals surface area contributed by atoms with Gasteiger partial charge in [0, 0.05) is 24.7 Å². The highest BCUT2D eigenvalue weighted by Gasteiger charge is 2.60. The fourth-order valence-electron chi connectivity index (χ4n) is 5.21. The maximum Gasteiger partial charge on any atom is 0.227 e. The molecular formula is C28H32N4O2. The van der Waals surface area contributed by atoms with E-state index in [0.717, 1.165) is 29.1 Å². The molecule has 6 nitrogen and oxygen atoms in total. The molecule has 0 radical (unpaired) electrons. The van der Waals surface area contributed by atoms with Gasteiger partial charge in [0.05, 0.1) is 24.3 Å². The molecule has 2 heterocycles. The summed E-state index contributed by atoms with van der Waals surface area (Å²) in [7, 11) is 0. The van der Waals surface area contributed by atoms with Gasteiger partial charge in [0.2, 0.25) is 11.8 Å². The number of aromatic nitrogens is 2. The minimum atomic E-state index is 0.0205. The van der Waals surface area contributed by atoms with Gasteiger partial charge in [-0.3, -0.25) is 9.59 Å². The summed E-state index contributed by atoms with van der Waals surface area (Å²) in [6.07, 6.45) is 1.36. The number of amides is 2. The Morgan fingerprint density at radius 3 is 2.29 bits per heavy atom. The number of piperidine rings is 1. The van der Waals surface area contributed by atoms with Crippen LogP contribution in [-0.2, 0) is 29.0 Å². The van der Waals surface area contributed by atoms with Crippen LogP contribution in [0.2, 0.25) is 0 Å². The lowest BCUT2D eigenvalue weighted by Crippen LogP contribution is -2.35. The van der Waals surface area contributed by atoms with Crippen LogP contribution in [0.1, 0.15) is 30.8 Å². The van der Waals surface area contributed by atoms with Crippen molar-refractivity contribution in [3.63, 3.8) is 0 Å². The van der Waals surface area contributed by atoms with Gasteiger partial charge in [-0.1, -0.05) is 62.4 Å². The molecule has 2 fully saturated rings. The lowest BCUT2D eigenvalue weighted by Gasteiger charge is -2.19. The molecule has 0 bridgehead atoms. The first kappa shape index (κ1) is 22.4. The summed E-state index contributed by atoms with van der Waals surface area (Å²) >= 11 is 0. The highest BCUT2D eigenvalue weighted by molar-refractivity contribution is 5.84. The van der Waals surface area contributed by atoms with Crippen molar-refractivity contribution in [2.75, 3.05) is 13.1 Å². The summed E-state index contributed by atoms with van der Waals surface area (Å²) in [6, 6.07) is 22.1. The minimum absolute atomic E-state index is 0.0205. The lowest BCUT2D eigenvalue weighted by atomic mass is 10.1. The van der Waals surface area contributed by atoms with Crippen molar-refractivity contribution in [2.24, 2.45) is 23.7 Å². The van der Waals surface area contributed by atoms with E-state index in [0.29, 0.717) is 32.0 Å². The van der Waals surface area contributed by atoms with Crippen LogP contribution in [0.25, 0.3) is 5.69 Å². The Balaban J connectivity index is 1.15. The van der Waals surface area contributed by atoms with Crippen LogP contribution in [0, 0.1) is 23.7 Å². The number of para-hydroxylation sites is 1. The number of carbonyl (C=O) groups excluding carboxylic acids is 2. The molecular weight excluding hydrogens is 424 g/mol. The molecule has 34 heavy (non-hydrogen) atoms. The number of hydrogen-bond acceptors (Lipinski definition) is 3. The Hall–Kier alpha value is -3.41. The summed E-state index contributed by atoms with van der Waals surface area (Å²) < 4.78 is 1.99. The van der Waals surface area contributed by atoms with E-state index in [2.05, 4.69) is 37.4 Å². The van der Waals surface area contributed by atoms with Crippen molar-refractivity contribution in [1.82, 2.24) is 20.0 Å². The minimum Gasteiger partial charge on any atom is -0.350 e. The highest BCUT2D eigenvalue weighted by Crippen LogP contribution is 2.51. The van der Waals surface area contributed by atoms with E-state index in [9.17, 15) is 9.59 Å². The predicted molar refractivity (Wildman–Crippen MR) is 131 cm³/mol. The third-order valence-electron chi connectivity index (χ3n) is 6.94. The van der Waals surface area contributed by atoms with Crippen molar-refractivity contribution < 1.29 is 9.59 Å². The molecule has 2 aromatic carbocycles. The Morgan fingerprint density at radius 2 is 1.65 bits per heavy atom. The average Bonchev–Trinajstić information content (AvgIpc) is 3.15. The topological polar surface area (TPSA) is 67.2 Å². The van der Waals surface area contributed by atoms with Crippen LogP contribution < -0.4 is 5.32 Å². The maximum atomic E-state index is 12.9. The quantitative estimate of drug-likeness (QED) is 0.563. The third kappa shape index (κ3) is 4.76. The summed E-state index contributed by atoms with van der Waals surface area (Å²) in [4.78, 5) is 27.4. The standard InChI is InChI=1S/C28H32N4O2/c1-19(2)13-23-15-21(30-32(23)22-11-7-4-8-12-22)16-29-28(34)27-24-17-31(18-25(24)27)26(33)14-20-9-5-3-6-10-20/h3-12,15,19,24-25,27H,13-14,16-18H2,1-2H3,(H,29,34). The van der Waals surface area contributed by atoms with E-state index in [1.807, 2.05) is 58.1 Å². The molecule has 1 aliphatic heterocycles. The summed E-state index contributed by atoms with van der Waals surface area (Å²) in [6.45, 7) is 6.20. The summed E-state index contributed by atoms with van der Waals surface area (Å²) in [5.74, 6) is 1.36. The monoisotopic (exact) mass is 456 g/mol. The molecule has 1 N–H and O–H groups in total. The normalized spacial score (nSPS) is 20.9. The molecule has 176 valence electrons. The molecule has 1 saturated heterocycles. The number of rotatable bonds is 8. The second-order valence-electron chi connectivity index (χ2n) is 10.0. The van der Waals surface area contributed by atoms with Gasteiger partial charge < -0.3 is 10.2 Å². The first-order chi connectivity index (χ1) is 16.5. The van der Waals surface area contributed by atoms with Crippen LogP contribution >= 0.6 is 0 Å². The van der Waals surface area contributed by atoms with E-state index in [4.69, 9.17) is 5.10 Å². The van der Waals surface area contributed by atoms with Gasteiger partial charge in [0.1, 0.15) is 0 Å².